The molecule has 8 rings (SSSR count). The van der Waals surface area contributed by atoms with E-state index in [2.05, 4.69) is 100 Å². The zero-order chi connectivity index (χ0) is 44.9. The van der Waals surface area contributed by atoms with Gasteiger partial charge in [-0.3, -0.25) is 14.4 Å². The van der Waals surface area contributed by atoms with Crippen molar-refractivity contribution in [2.75, 3.05) is 26.2 Å². The van der Waals surface area contributed by atoms with Gasteiger partial charge in [-0.25, -0.2) is 0 Å². The van der Waals surface area contributed by atoms with Crippen LogP contribution < -0.4 is 10.6 Å². The Kier molecular flexibility index (Phi) is 13.6. The number of hydrogen-bond donors (Lipinski definition) is 2. The summed E-state index contributed by atoms with van der Waals surface area (Å²) >= 11 is 0. The summed E-state index contributed by atoms with van der Waals surface area (Å²) in [5.41, 5.74) is 14.3. The van der Waals surface area contributed by atoms with Crippen LogP contribution in [-0.4, -0.2) is 43.5 Å². The number of hydrogen-bond acceptors (Lipinski definition) is 5. The van der Waals surface area contributed by atoms with E-state index in [4.69, 9.17) is 0 Å². The lowest BCUT2D eigenvalue weighted by molar-refractivity contribution is 0.0968. The molecule has 2 N–H and O–H groups in total. The molecule has 6 aromatic carbocycles. The summed E-state index contributed by atoms with van der Waals surface area (Å²) < 4.78 is 0. The van der Waals surface area contributed by atoms with Crippen molar-refractivity contribution in [1.29, 1.82) is 0 Å². The summed E-state index contributed by atoms with van der Waals surface area (Å²) in [5, 5.41) is 7.25. The Bertz CT molecular complexity index is 2530. The SMILES string of the molecule is C=CC(C(=O)c1ccccc1)c1cc(C(=O)c2cc(C(C=C)C(=O)c3ccccc3)c(-c3cccc(C)c3C)cc2C2CCCNC2)c(C2CCCNC2)cc1-c1cccc(C)c1C. The quantitative estimate of drug-likeness (QED) is 0.0844. The van der Waals surface area contributed by atoms with Gasteiger partial charge in [0, 0.05) is 35.3 Å². The summed E-state index contributed by atoms with van der Waals surface area (Å²) in [6.07, 6.45) is 7.28. The van der Waals surface area contributed by atoms with Gasteiger partial charge in [0.1, 0.15) is 0 Å². The molecule has 4 atom stereocenters. The molecule has 0 saturated carbocycles. The molecular weight excluding hydrogens is 785 g/mol. The first-order chi connectivity index (χ1) is 31.1. The van der Waals surface area contributed by atoms with Crippen LogP contribution in [-0.2, 0) is 0 Å². The van der Waals surface area contributed by atoms with Crippen molar-refractivity contribution in [3.8, 4) is 22.3 Å². The zero-order valence-corrected chi connectivity index (χ0v) is 37.8. The summed E-state index contributed by atoms with van der Waals surface area (Å²) in [7, 11) is 0. The highest BCUT2D eigenvalue weighted by atomic mass is 16.1. The normalized spacial score (nSPS) is 17.2. The molecule has 0 amide bonds. The first kappa shape index (κ1) is 44.3. The third kappa shape index (κ3) is 8.80. The van der Waals surface area contributed by atoms with Gasteiger partial charge in [-0.05, 0) is 169 Å². The second-order valence-electron chi connectivity index (χ2n) is 17.9. The molecule has 6 aromatic rings. The average molecular weight is 845 g/mol. The third-order valence-electron chi connectivity index (χ3n) is 14.0. The molecule has 324 valence electrons. The average Bonchev–Trinajstić information content (AvgIpc) is 3.34. The van der Waals surface area contributed by atoms with Crippen molar-refractivity contribution in [3.05, 3.63) is 213 Å². The number of benzene rings is 6. The van der Waals surface area contributed by atoms with Crippen molar-refractivity contribution in [2.45, 2.75) is 77.0 Å². The van der Waals surface area contributed by atoms with Crippen LogP contribution in [0.25, 0.3) is 22.3 Å². The predicted molar refractivity (Wildman–Crippen MR) is 263 cm³/mol. The molecule has 4 unspecified atom stereocenters. The van der Waals surface area contributed by atoms with Gasteiger partial charge in [0.2, 0.25) is 0 Å². The van der Waals surface area contributed by atoms with E-state index < -0.39 is 11.8 Å². The van der Waals surface area contributed by atoms with Crippen molar-refractivity contribution in [1.82, 2.24) is 10.6 Å². The highest BCUT2D eigenvalue weighted by Crippen LogP contribution is 2.44. The van der Waals surface area contributed by atoms with E-state index in [0.29, 0.717) is 22.3 Å². The van der Waals surface area contributed by atoms with Crippen molar-refractivity contribution < 1.29 is 14.4 Å². The number of aryl methyl sites for hydroxylation is 2. The van der Waals surface area contributed by atoms with Gasteiger partial charge in [-0.15, -0.1) is 13.2 Å². The first-order valence-corrected chi connectivity index (χ1v) is 23.0. The maximum atomic E-state index is 16.3. The Hall–Kier alpha value is -6.27. The van der Waals surface area contributed by atoms with Crippen LogP contribution in [0.3, 0.4) is 0 Å². The molecule has 5 heteroatoms. The maximum absolute atomic E-state index is 16.3. The minimum absolute atomic E-state index is 0.0617. The molecule has 2 aliphatic heterocycles. The Morgan fingerprint density at radius 1 is 0.531 bits per heavy atom. The van der Waals surface area contributed by atoms with Crippen molar-refractivity contribution >= 4 is 17.3 Å². The number of carbonyl (C=O) groups excluding carboxylic acids is 3. The highest BCUT2D eigenvalue weighted by Gasteiger charge is 2.33. The summed E-state index contributed by atoms with van der Waals surface area (Å²) in [5.74, 6) is -1.57. The van der Waals surface area contributed by atoms with Crippen LogP contribution in [0.2, 0.25) is 0 Å². The van der Waals surface area contributed by atoms with Crippen LogP contribution >= 0.6 is 0 Å². The van der Waals surface area contributed by atoms with Crippen LogP contribution in [0.4, 0.5) is 0 Å². The van der Waals surface area contributed by atoms with E-state index in [0.717, 1.165) is 119 Å². The molecule has 0 spiro atoms. The van der Waals surface area contributed by atoms with E-state index in [9.17, 15) is 9.59 Å². The molecule has 2 fully saturated rings. The second kappa shape index (κ2) is 19.6. The monoisotopic (exact) mass is 844 g/mol. The largest absolute Gasteiger partial charge is 0.316 e. The van der Waals surface area contributed by atoms with Gasteiger partial charge in [0.25, 0.3) is 0 Å². The van der Waals surface area contributed by atoms with Gasteiger partial charge in [0.15, 0.2) is 17.3 Å². The lowest BCUT2D eigenvalue weighted by Crippen LogP contribution is -2.31. The molecule has 2 aliphatic rings. The van der Waals surface area contributed by atoms with Gasteiger partial charge < -0.3 is 10.6 Å². The summed E-state index contributed by atoms with van der Waals surface area (Å²) in [6, 6.07) is 39.9. The highest BCUT2D eigenvalue weighted by molar-refractivity contribution is 6.13. The molecule has 0 aliphatic carbocycles. The van der Waals surface area contributed by atoms with Gasteiger partial charge in [0.05, 0.1) is 11.8 Å². The van der Waals surface area contributed by atoms with Crippen LogP contribution in [0.15, 0.2) is 147 Å². The lowest BCUT2D eigenvalue weighted by atomic mass is 9.75. The minimum atomic E-state index is -0.722. The Morgan fingerprint density at radius 3 is 1.30 bits per heavy atom. The Balaban J connectivity index is 1.43. The molecular formula is C59H60N2O3. The molecule has 2 saturated heterocycles. The number of piperidine rings is 2. The summed E-state index contributed by atoms with van der Waals surface area (Å²) in [6.45, 7) is 20.3. The Labute approximate surface area is 379 Å². The second-order valence-corrected chi connectivity index (χ2v) is 17.9. The number of nitrogens with one attached hydrogen (secondary N) is 2. The van der Waals surface area contributed by atoms with Crippen LogP contribution in [0.1, 0.15) is 130 Å². The molecule has 5 nitrogen and oxygen atoms in total. The van der Waals surface area contributed by atoms with Gasteiger partial charge in [-0.2, -0.15) is 0 Å². The van der Waals surface area contributed by atoms with E-state index in [-0.39, 0.29) is 29.2 Å². The van der Waals surface area contributed by atoms with Gasteiger partial charge >= 0.3 is 0 Å². The first-order valence-electron chi connectivity index (χ1n) is 23.0. The lowest BCUT2D eigenvalue weighted by Gasteiger charge is -2.30. The number of allylic oxidation sites excluding steroid dienone is 2. The molecule has 0 bridgehead atoms. The van der Waals surface area contributed by atoms with Crippen LogP contribution in [0.5, 0.6) is 0 Å². The standard InChI is InChI=1S/C59H60N2O3/c1-7-45(57(62)41-21-11-9-12-22-41)51-33-55(49(43-25-17-29-60-35-43)31-53(51)47-27-15-19-37(3)39(47)5)59(64)56-34-52(46(8-2)58(63)42-23-13-10-14-24-42)54(48-28-16-20-38(4)40(48)6)32-50(56)44-26-18-30-61-36-44/h7-16,19-24,27-28,31-34,43-46,60-61H,1-2,17-18,25-26,29-30,35-36H2,3-6H3. The molecule has 0 radical (unpaired) electrons. The predicted octanol–water partition coefficient (Wildman–Crippen LogP) is 12.7. The fraction of sp³-hybridized carbons (Fsp3) is 0.271. The summed E-state index contributed by atoms with van der Waals surface area (Å²) in [4.78, 5) is 45.6. The smallest absolute Gasteiger partial charge is 0.193 e. The fourth-order valence-corrected chi connectivity index (χ4v) is 10.1. The van der Waals surface area contributed by atoms with Crippen LogP contribution in [0, 0.1) is 27.7 Å². The number of Topliss-reactive ketones (excluding diaryl/α,β-unsaturated/α-hetero) is 2. The fourth-order valence-electron chi connectivity index (χ4n) is 10.1. The molecule has 0 aromatic heterocycles. The topological polar surface area (TPSA) is 75.3 Å². The number of carbonyl (C=O) groups is 3. The zero-order valence-electron chi connectivity index (χ0n) is 37.8. The number of ketones is 3. The van der Waals surface area contributed by atoms with Crippen molar-refractivity contribution in [2.24, 2.45) is 0 Å². The number of rotatable bonds is 14. The Morgan fingerprint density at radius 2 is 0.938 bits per heavy atom. The van der Waals surface area contributed by atoms with Gasteiger partial charge in [-0.1, -0.05) is 109 Å². The van der Waals surface area contributed by atoms with E-state index in [1.807, 2.05) is 72.8 Å². The minimum Gasteiger partial charge on any atom is -0.316 e. The third-order valence-corrected chi connectivity index (χ3v) is 14.0. The molecule has 64 heavy (non-hydrogen) atoms. The maximum Gasteiger partial charge on any atom is 0.193 e. The van der Waals surface area contributed by atoms with E-state index in [1.165, 1.54) is 0 Å². The van der Waals surface area contributed by atoms with E-state index in [1.54, 1.807) is 12.2 Å². The van der Waals surface area contributed by atoms with Crippen molar-refractivity contribution in [3.63, 3.8) is 0 Å². The van der Waals surface area contributed by atoms with E-state index >= 15 is 4.79 Å². The molecule has 2 heterocycles.